The van der Waals surface area contributed by atoms with Gasteiger partial charge in [0, 0.05) is 18.7 Å². The van der Waals surface area contributed by atoms with Crippen LogP contribution in [0.5, 0.6) is 5.75 Å². The Morgan fingerprint density at radius 3 is 2.52 bits per heavy atom. The van der Waals surface area contributed by atoms with Gasteiger partial charge in [0.2, 0.25) is 17.0 Å². The van der Waals surface area contributed by atoms with E-state index in [0.29, 0.717) is 18.5 Å². The van der Waals surface area contributed by atoms with Gasteiger partial charge in [-0.1, -0.05) is 42.5 Å². The van der Waals surface area contributed by atoms with E-state index in [2.05, 4.69) is 18.1 Å². The number of ether oxygens (including phenoxy) is 2. The normalized spacial score (nSPS) is 16.3. The lowest BCUT2D eigenvalue weighted by atomic mass is 9.95. The molecule has 1 aliphatic rings. The minimum absolute atomic E-state index is 0.0317. The number of hydrogen-bond acceptors (Lipinski definition) is 8. The van der Waals surface area contributed by atoms with E-state index >= 15 is 0 Å². The van der Waals surface area contributed by atoms with E-state index in [0.717, 1.165) is 12.8 Å². The fourth-order valence-electron chi connectivity index (χ4n) is 4.68. The number of alkyl halides is 3. The summed E-state index contributed by atoms with van der Waals surface area (Å²) in [5, 5.41) is 11.9. The van der Waals surface area contributed by atoms with Crippen LogP contribution in [0.2, 0.25) is 0 Å². The van der Waals surface area contributed by atoms with E-state index in [1.807, 2.05) is 10.3 Å². The van der Waals surface area contributed by atoms with E-state index in [4.69, 9.17) is 9.47 Å². The first kappa shape index (κ1) is 32.1. The van der Waals surface area contributed by atoms with E-state index in [1.54, 1.807) is 29.7 Å². The quantitative estimate of drug-likeness (QED) is 0.193. The number of pyridine rings is 1. The third-order valence-corrected chi connectivity index (χ3v) is 6.81. The van der Waals surface area contributed by atoms with Gasteiger partial charge in [-0.2, -0.15) is 13.2 Å². The standard InChI is InChI=1S/C28H32F3N5O6/c1-4-6-15-27(28(29,30)31,42-18-19-12-8-7-9-13-19)26(38)34-33-25(37)23-24(36(39)40)21(41-3)17-22(32-23)35-16-10-14-20(35)11-5-2/h4-5,7-9,12-13,17,20H,1-2,6,10-11,14-16,18H2,3H3,(H,33,37)(H,34,38)/t20-,27?/m1/s1. The molecule has 2 amide bonds. The van der Waals surface area contributed by atoms with Crippen LogP contribution in [-0.2, 0) is 16.1 Å². The number of amides is 2. The molecule has 1 saturated heterocycles. The fourth-order valence-corrected chi connectivity index (χ4v) is 4.68. The maximum atomic E-state index is 14.4. The number of hydrogen-bond donors (Lipinski definition) is 2. The number of nitrogens with zero attached hydrogens (tertiary/aromatic N) is 3. The van der Waals surface area contributed by atoms with E-state index in [-0.39, 0.29) is 24.0 Å². The smallest absolute Gasteiger partial charge is 0.426 e. The van der Waals surface area contributed by atoms with Gasteiger partial charge in [0.15, 0.2) is 0 Å². The molecule has 0 aliphatic carbocycles. The number of nitrogens with one attached hydrogen (secondary N) is 2. The molecule has 1 aromatic carbocycles. The summed E-state index contributed by atoms with van der Waals surface area (Å²) in [4.78, 5) is 43.3. The summed E-state index contributed by atoms with van der Waals surface area (Å²) in [6.45, 7) is 7.13. The molecule has 2 atom stereocenters. The molecule has 2 N–H and O–H groups in total. The van der Waals surface area contributed by atoms with Crippen LogP contribution < -0.4 is 20.5 Å². The molecule has 42 heavy (non-hydrogen) atoms. The fraction of sp³-hybridized carbons (Fsp3) is 0.393. The Bertz CT molecular complexity index is 1310. The second-order valence-electron chi connectivity index (χ2n) is 9.49. The predicted molar refractivity (Wildman–Crippen MR) is 148 cm³/mol. The number of halogens is 3. The van der Waals surface area contributed by atoms with Crippen LogP contribution in [0, 0.1) is 10.1 Å². The Kier molecular flexibility index (Phi) is 10.6. The number of aromatic nitrogens is 1. The van der Waals surface area contributed by atoms with Gasteiger partial charge in [-0.05, 0) is 37.7 Å². The third kappa shape index (κ3) is 7.05. The van der Waals surface area contributed by atoms with Gasteiger partial charge in [0.05, 0.1) is 18.6 Å². The van der Waals surface area contributed by atoms with Crippen molar-refractivity contribution >= 4 is 23.3 Å². The molecular weight excluding hydrogens is 559 g/mol. The molecular formula is C28H32F3N5O6. The summed E-state index contributed by atoms with van der Waals surface area (Å²) >= 11 is 0. The first-order valence-electron chi connectivity index (χ1n) is 13.1. The van der Waals surface area contributed by atoms with E-state index in [1.165, 1.54) is 31.4 Å². The first-order chi connectivity index (χ1) is 20.0. The largest absolute Gasteiger partial charge is 0.490 e. The second-order valence-corrected chi connectivity index (χ2v) is 9.49. The van der Waals surface area contributed by atoms with Crippen molar-refractivity contribution in [3.8, 4) is 5.75 Å². The minimum Gasteiger partial charge on any atom is -0.490 e. The highest BCUT2D eigenvalue weighted by Crippen LogP contribution is 2.39. The van der Waals surface area contributed by atoms with Gasteiger partial charge >= 0.3 is 11.9 Å². The molecule has 1 fully saturated rings. The van der Waals surface area contributed by atoms with Crippen molar-refractivity contribution in [3.05, 3.63) is 83.1 Å². The molecule has 2 aromatic rings. The summed E-state index contributed by atoms with van der Waals surface area (Å²) in [6.07, 6.45) is -1.20. The van der Waals surface area contributed by atoms with Crippen LogP contribution in [-0.4, -0.2) is 53.2 Å². The van der Waals surface area contributed by atoms with Crippen LogP contribution in [0.25, 0.3) is 0 Å². The Morgan fingerprint density at radius 1 is 1.21 bits per heavy atom. The van der Waals surface area contributed by atoms with Gasteiger partial charge in [-0.25, -0.2) is 4.98 Å². The third-order valence-electron chi connectivity index (χ3n) is 6.81. The second kappa shape index (κ2) is 13.9. The molecule has 1 unspecified atom stereocenters. The van der Waals surface area contributed by atoms with Crippen molar-refractivity contribution in [2.24, 2.45) is 0 Å². The van der Waals surface area contributed by atoms with Crippen molar-refractivity contribution in [2.45, 2.75) is 56.5 Å². The molecule has 1 aliphatic heterocycles. The predicted octanol–water partition coefficient (Wildman–Crippen LogP) is 4.79. The Hall–Kier alpha value is -4.46. The number of hydrazine groups is 1. The Morgan fingerprint density at radius 2 is 1.93 bits per heavy atom. The summed E-state index contributed by atoms with van der Waals surface area (Å²) in [6, 6.07) is 9.20. The average molecular weight is 592 g/mol. The molecule has 0 radical (unpaired) electrons. The number of rotatable bonds is 13. The lowest BCUT2D eigenvalue weighted by molar-refractivity contribution is -0.386. The molecule has 2 heterocycles. The number of anilines is 1. The van der Waals surface area contributed by atoms with Crippen LogP contribution in [0.1, 0.15) is 48.2 Å². The highest BCUT2D eigenvalue weighted by Gasteiger charge is 2.61. The Balaban J connectivity index is 1.93. The number of benzene rings is 1. The van der Waals surface area contributed by atoms with Crippen LogP contribution in [0.4, 0.5) is 24.7 Å². The van der Waals surface area contributed by atoms with E-state index in [9.17, 15) is 32.9 Å². The first-order valence-corrected chi connectivity index (χ1v) is 13.1. The van der Waals surface area contributed by atoms with Gasteiger partial charge < -0.3 is 14.4 Å². The molecule has 0 bridgehead atoms. The maximum absolute atomic E-state index is 14.4. The van der Waals surface area contributed by atoms with Crippen molar-refractivity contribution in [2.75, 3.05) is 18.6 Å². The van der Waals surface area contributed by atoms with Crippen LogP contribution in [0.15, 0.2) is 61.7 Å². The lowest BCUT2D eigenvalue weighted by Crippen LogP contribution is -2.61. The van der Waals surface area contributed by atoms with E-state index < -0.39 is 52.9 Å². The summed E-state index contributed by atoms with van der Waals surface area (Å²) in [5.74, 6) is -3.14. The van der Waals surface area contributed by atoms with Crippen molar-refractivity contribution in [3.63, 3.8) is 0 Å². The number of methoxy groups -OCH3 is 1. The van der Waals surface area contributed by atoms with Crippen molar-refractivity contribution < 1.29 is 37.2 Å². The molecule has 3 rings (SSSR count). The molecule has 11 nitrogen and oxygen atoms in total. The number of carbonyl (C=O) groups is 2. The zero-order valence-electron chi connectivity index (χ0n) is 23.0. The lowest BCUT2D eigenvalue weighted by Gasteiger charge is -2.34. The molecule has 1 aromatic heterocycles. The summed E-state index contributed by atoms with van der Waals surface area (Å²) in [7, 11) is 1.17. The molecule has 226 valence electrons. The van der Waals surface area contributed by atoms with Gasteiger partial charge in [0.1, 0.15) is 5.82 Å². The molecule has 0 spiro atoms. The monoisotopic (exact) mass is 591 g/mol. The Labute approximate surface area is 240 Å². The summed E-state index contributed by atoms with van der Waals surface area (Å²) in [5.41, 5.74) is -0.979. The SMILES string of the molecule is C=CCCC(OCc1ccccc1)(C(=O)NNC(=O)c1nc(N2CCC[C@H]2CC=C)cc(OC)c1[N+](=O)[O-])C(F)(F)F. The number of allylic oxidation sites excluding steroid dienone is 1. The van der Waals surface area contributed by atoms with Gasteiger partial charge in [-0.3, -0.25) is 30.6 Å². The van der Waals surface area contributed by atoms with Gasteiger partial charge in [0.25, 0.3) is 11.8 Å². The highest BCUT2D eigenvalue weighted by atomic mass is 19.4. The number of nitro groups is 1. The number of carbonyl (C=O) groups excluding carboxylic acids is 2. The molecule has 14 heteroatoms. The zero-order valence-corrected chi connectivity index (χ0v) is 23.0. The van der Waals surface area contributed by atoms with Crippen molar-refractivity contribution in [1.82, 2.24) is 15.8 Å². The summed E-state index contributed by atoms with van der Waals surface area (Å²) < 4.78 is 53.7. The zero-order chi connectivity index (χ0) is 30.9. The average Bonchev–Trinajstić information content (AvgIpc) is 3.43. The highest BCUT2D eigenvalue weighted by molar-refractivity contribution is 5.99. The van der Waals surface area contributed by atoms with Crippen LogP contribution >= 0.6 is 0 Å². The maximum Gasteiger partial charge on any atom is 0.426 e. The molecule has 0 saturated carbocycles. The van der Waals surface area contributed by atoms with Gasteiger partial charge in [-0.15, -0.1) is 13.2 Å². The topological polar surface area (TPSA) is 136 Å². The minimum atomic E-state index is -5.21. The van der Waals surface area contributed by atoms with Crippen LogP contribution in [0.3, 0.4) is 0 Å². The van der Waals surface area contributed by atoms with Crippen molar-refractivity contribution in [1.29, 1.82) is 0 Å².